The SMILES string of the molecule is CC(C)COC(=O)c1ccc(NC=C2C(=O)OC(C)(C)OC2=O)cc1. The lowest BCUT2D eigenvalue weighted by Crippen LogP contribution is -2.42. The number of esters is 3. The van der Waals surface area contributed by atoms with Gasteiger partial charge in [-0.1, -0.05) is 13.8 Å². The minimum Gasteiger partial charge on any atom is -0.462 e. The molecule has 0 spiro atoms. The van der Waals surface area contributed by atoms with E-state index in [9.17, 15) is 14.4 Å². The second kappa shape index (κ2) is 7.38. The molecule has 0 aromatic heterocycles. The van der Waals surface area contributed by atoms with Crippen molar-refractivity contribution in [1.29, 1.82) is 0 Å². The number of anilines is 1. The van der Waals surface area contributed by atoms with E-state index < -0.39 is 23.7 Å². The highest BCUT2D eigenvalue weighted by molar-refractivity contribution is 6.15. The van der Waals surface area contributed by atoms with Crippen LogP contribution in [0, 0.1) is 5.92 Å². The Hall–Kier alpha value is -2.83. The zero-order valence-electron chi connectivity index (χ0n) is 14.6. The van der Waals surface area contributed by atoms with E-state index in [4.69, 9.17) is 14.2 Å². The van der Waals surface area contributed by atoms with E-state index in [1.165, 1.54) is 20.0 Å². The fourth-order valence-corrected chi connectivity index (χ4v) is 1.96. The van der Waals surface area contributed by atoms with Gasteiger partial charge in [-0.05, 0) is 30.2 Å². The molecule has 0 saturated carbocycles. The maximum atomic E-state index is 11.8. The third-order valence-corrected chi connectivity index (χ3v) is 3.17. The highest BCUT2D eigenvalue weighted by Gasteiger charge is 2.38. The molecule has 1 aromatic rings. The van der Waals surface area contributed by atoms with Crippen molar-refractivity contribution in [2.75, 3.05) is 11.9 Å². The van der Waals surface area contributed by atoms with Gasteiger partial charge < -0.3 is 19.5 Å². The van der Waals surface area contributed by atoms with E-state index in [1.807, 2.05) is 13.8 Å². The van der Waals surface area contributed by atoms with Crippen molar-refractivity contribution < 1.29 is 28.6 Å². The molecule has 25 heavy (non-hydrogen) atoms. The summed E-state index contributed by atoms with van der Waals surface area (Å²) in [7, 11) is 0. The van der Waals surface area contributed by atoms with E-state index >= 15 is 0 Å². The van der Waals surface area contributed by atoms with E-state index in [1.54, 1.807) is 24.3 Å². The number of rotatable bonds is 5. The van der Waals surface area contributed by atoms with Crippen molar-refractivity contribution >= 4 is 23.6 Å². The van der Waals surface area contributed by atoms with E-state index in [0.717, 1.165) is 0 Å². The van der Waals surface area contributed by atoms with Gasteiger partial charge in [-0.25, -0.2) is 14.4 Å². The molecular weight excluding hydrogens is 326 g/mol. The first kappa shape index (κ1) is 18.5. The summed E-state index contributed by atoms with van der Waals surface area (Å²) in [6.45, 7) is 7.21. The Balaban J connectivity index is 2.01. The number of hydrogen-bond donors (Lipinski definition) is 1. The molecule has 1 aliphatic rings. The van der Waals surface area contributed by atoms with Gasteiger partial charge in [0.05, 0.1) is 12.2 Å². The van der Waals surface area contributed by atoms with Crippen LogP contribution in [-0.2, 0) is 23.8 Å². The average Bonchev–Trinajstić information content (AvgIpc) is 2.51. The topological polar surface area (TPSA) is 90.9 Å². The minimum atomic E-state index is -1.27. The van der Waals surface area contributed by atoms with Crippen LogP contribution in [0.15, 0.2) is 36.0 Å². The van der Waals surface area contributed by atoms with Crippen LogP contribution < -0.4 is 5.32 Å². The largest absolute Gasteiger partial charge is 0.462 e. The van der Waals surface area contributed by atoms with Gasteiger partial charge in [0, 0.05) is 25.7 Å². The molecule has 0 bridgehead atoms. The van der Waals surface area contributed by atoms with Crippen molar-refractivity contribution in [3.05, 3.63) is 41.6 Å². The number of carbonyl (C=O) groups excluding carboxylic acids is 3. The van der Waals surface area contributed by atoms with Gasteiger partial charge in [-0.15, -0.1) is 0 Å². The summed E-state index contributed by atoms with van der Waals surface area (Å²) >= 11 is 0. The Kier molecular flexibility index (Phi) is 5.46. The molecule has 7 nitrogen and oxygen atoms in total. The first-order chi connectivity index (χ1) is 11.7. The van der Waals surface area contributed by atoms with Gasteiger partial charge in [0.25, 0.3) is 5.79 Å². The molecule has 0 aliphatic carbocycles. The summed E-state index contributed by atoms with van der Waals surface area (Å²) < 4.78 is 15.1. The standard InChI is InChI=1S/C18H21NO6/c1-11(2)10-23-15(20)12-5-7-13(8-6-12)19-9-14-16(21)24-18(3,4)25-17(14)22/h5-9,11,19H,10H2,1-4H3. The third-order valence-electron chi connectivity index (χ3n) is 3.17. The van der Waals surface area contributed by atoms with E-state index in [-0.39, 0.29) is 11.5 Å². The molecule has 0 amide bonds. The molecule has 0 atom stereocenters. The first-order valence-electron chi connectivity index (χ1n) is 7.88. The number of hydrogen-bond acceptors (Lipinski definition) is 7. The summed E-state index contributed by atoms with van der Waals surface area (Å²) in [5.41, 5.74) is 0.759. The summed E-state index contributed by atoms with van der Waals surface area (Å²) in [5.74, 6) is -2.94. The smallest absolute Gasteiger partial charge is 0.350 e. The Bertz CT molecular complexity index is 681. The van der Waals surface area contributed by atoms with Crippen molar-refractivity contribution in [2.24, 2.45) is 5.92 Å². The summed E-state index contributed by atoms with van der Waals surface area (Å²) in [5, 5.41) is 2.80. The van der Waals surface area contributed by atoms with Crippen molar-refractivity contribution in [3.8, 4) is 0 Å². The molecule has 1 heterocycles. The summed E-state index contributed by atoms with van der Waals surface area (Å²) in [6, 6.07) is 6.44. The predicted molar refractivity (Wildman–Crippen MR) is 89.5 cm³/mol. The monoisotopic (exact) mass is 347 g/mol. The lowest BCUT2D eigenvalue weighted by molar-refractivity contribution is -0.222. The second-order valence-corrected chi connectivity index (χ2v) is 6.45. The maximum Gasteiger partial charge on any atom is 0.350 e. The average molecular weight is 347 g/mol. The molecule has 1 aliphatic heterocycles. The quantitative estimate of drug-likeness (QED) is 0.497. The number of benzene rings is 1. The molecule has 7 heteroatoms. The van der Waals surface area contributed by atoms with Gasteiger partial charge in [-0.3, -0.25) is 0 Å². The normalized spacial score (nSPS) is 16.1. The molecule has 0 unspecified atom stereocenters. The molecule has 1 aromatic carbocycles. The Morgan fingerprint density at radius 2 is 1.72 bits per heavy atom. The Labute approximate surface area is 145 Å². The van der Waals surface area contributed by atoms with Crippen LogP contribution in [0.1, 0.15) is 38.1 Å². The van der Waals surface area contributed by atoms with Gasteiger partial charge in [0.15, 0.2) is 5.57 Å². The van der Waals surface area contributed by atoms with E-state index in [2.05, 4.69) is 5.32 Å². The van der Waals surface area contributed by atoms with Crippen LogP contribution in [0.2, 0.25) is 0 Å². The molecular formula is C18H21NO6. The van der Waals surface area contributed by atoms with Crippen LogP contribution >= 0.6 is 0 Å². The zero-order chi connectivity index (χ0) is 18.6. The van der Waals surface area contributed by atoms with E-state index in [0.29, 0.717) is 17.9 Å². The fraction of sp³-hybridized carbons (Fsp3) is 0.389. The number of cyclic esters (lactones) is 2. The molecule has 2 rings (SSSR count). The zero-order valence-corrected chi connectivity index (χ0v) is 14.6. The highest BCUT2D eigenvalue weighted by atomic mass is 16.7. The summed E-state index contributed by atoms with van der Waals surface area (Å²) in [6.07, 6.45) is 1.21. The second-order valence-electron chi connectivity index (χ2n) is 6.45. The first-order valence-corrected chi connectivity index (χ1v) is 7.88. The molecule has 134 valence electrons. The van der Waals surface area contributed by atoms with Crippen LogP contribution in [-0.4, -0.2) is 30.3 Å². The van der Waals surface area contributed by atoms with Crippen LogP contribution in [0.4, 0.5) is 5.69 Å². The van der Waals surface area contributed by atoms with Crippen LogP contribution in [0.25, 0.3) is 0 Å². The van der Waals surface area contributed by atoms with Crippen molar-refractivity contribution in [2.45, 2.75) is 33.5 Å². The minimum absolute atomic E-state index is 0.236. The van der Waals surface area contributed by atoms with Gasteiger partial charge in [0.1, 0.15) is 0 Å². The van der Waals surface area contributed by atoms with Gasteiger partial charge in [-0.2, -0.15) is 0 Å². The molecule has 1 N–H and O–H groups in total. The number of nitrogens with one attached hydrogen (secondary N) is 1. The molecule has 0 radical (unpaired) electrons. The molecule has 1 saturated heterocycles. The lowest BCUT2D eigenvalue weighted by atomic mass is 10.2. The van der Waals surface area contributed by atoms with Gasteiger partial charge in [0.2, 0.25) is 0 Å². The molecule has 1 fully saturated rings. The predicted octanol–water partition coefficient (Wildman–Crippen LogP) is 2.63. The Morgan fingerprint density at radius 3 is 2.24 bits per heavy atom. The summed E-state index contributed by atoms with van der Waals surface area (Å²) in [4.78, 5) is 35.5. The van der Waals surface area contributed by atoms with Crippen molar-refractivity contribution in [1.82, 2.24) is 0 Å². The van der Waals surface area contributed by atoms with Crippen LogP contribution in [0.3, 0.4) is 0 Å². The number of carbonyl (C=O) groups is 3. The van der Waals surface area contributed by atoms with Crippen molar-refractivity contribution in [3.63, 3.8) is 0 Å². The van der Waals surface area contributed by atoms with Crippen LogP contribution in [0.5, 0.6) is 0 Å². The van der Waals surface area contributed by atoms with Gasteiger partial charge >= 0.3 is 17.9 Å². The highest BCUT2D eigenvalue weighted by Crippen LogP contribution is 2.22. The number of ether oxygens (including phenoxy) is 3. The Morgan fingerprint density at radius 1 is 1.16 bits per heavy atom. The lowest BCUT2D eigenvalue weighted by Gasteiger charge is -2.29. The maximum absolute atomic E-state index is 11.8. The fourth-order valence-electron chi connectivity index (χ4n) is 1.96. The third kappa shape index (κ3) is 5.07.